The lowest BCUT2D eigenvalue weighted by Crippen LogP contribution is -2.31. The van der Waals surface area contributed by atoms with Crippen molar-refractivity contribution < 1.29 is 17.9 Å². The van der Waals surface area contributed by atoms with E-state index >= 15 is 0 Å². The van der Waals surface area contributed by atoms with E-state index in [1.807, 2.05) is 13.8 Å². The van der Waals surface area contributed by atoms with Crippen LogP contribution in [-0.4, -0.2) is 62.4 Å². The molecule has 26 heavy (non-hydrogen) atoms. The van der Waals surface area contributed by atoms with Crippen LogP contribution < -0.4 is 0 Å². The van der Waals surface area contributed by atoms with Crippen LogP contribution >= 0.6 is 0 Å². The zero-order chi connectivity index (χ0) is 18.7. The summed E-state index contributed by atoms with van der Waals surface area (Å²) >= 11 is 0. The van der Waals surface area contributed by atoms with Crippen molar-refractivity contribution in [1.82, 2.24) is 9.21 Å². The summed E-state index contributed by atoms with van der Waals surface area (Å²) in [6.45, 7) is 6.59. The van der Waals surface area contributed by atoms with E-state index in [2.05, 4.69) is 0 Å². The Labute approximate surface area is 156 Å². The number of carbonyl (C=O) groups is 1. The molecule has 1 unspecified atom stereocenters. The van der Waals surface area contributed by atoms with Gasteiger partial charge in [-0.1, -0.05) is 13.8 Å². The first-order chi connectivity index (χ1) is 12.5. The van der Waals surface area contributed by atoms with Crippen molar-refractivity contribution in [3.63, 3.8) is 0 Å². The molecule has 2 fully saturated rings. The van der Waals surface area contributed by atoms with Gasteiger partial charge in [-0.15, -0.1) is 0 Å². The minimum absolute atomic E-state index is 0.0608. The molecule has 144 valence electrons. The molecule has 1 amide bonds. The van der Waals surface area contributed by atoms with Crippen molar-refractivity contribution >= 4 is 15.9 Å². The third kappa shape index (κ3) is 4.27. The number of sulfonamides is 1. The minimum atomic E-state index is -3.49. The molecular weight excluding hydrogens is 352 g/mol. The van der Waals surface area contributed by atoms with E-state index in [0.29, 0.717) is 31.7 Å². The quantitative estimate of drug-likeness (QED) is 0.694. The molecule has 1 saturated heterocycles. The van der Waals surface area contributed by atoms with Gasteiger partial charge in [-0.3, -0.25) is 4.79 Å². The Hall–Kier alpha value is -1.44. The van der Waals surface area contributed by atoms with Crippen LogP contribution in [-0.2, 0) is 14.8 Å². The molecule has 2 aliphatic rings. The standard InChI is InChI=1S/C19H28N2O4S/c1-3-21(4-2)26(23,24)18-9-7-16(8-10-18)19(22)20-12-11-17(13-20)25-14-15-5-6-15/h7-10,15,17H,3-6,11-14H2,1-2H3. The smallest absolute Gasteiger partial charge is 0.253 e. The summed E-state index contributed by atoms with van der Waals surface area (Å²) in [4.78, 5) is 14.7. The molecule has 0 aromatic heterocycles. The van der Waals surface area contributed by atoms with E-state index in [1.54, 1.807) is 17.0 Å². The van der Waals surface area contributed by atoms with Gasteiger partial charge in [0.25, 0.3) is 5.91 Å². The molecule has 1 aromatic rings. The zero-order valence-electron chi connectivity index (χ0n) is 15.6. The maximum Gasteiger partial charge on any atom is 0.253 e. The predicted molar refractivity (Wildman–Crippen MR) is 99.5 cm³/mol. The molecule has 0 N–H and O–H groups in total. The van der Waals surface area contributed by atoms with Gasteiger partial charge >= 0.3 is 0 Å². The fraction of sp³-hybridized carbons (Fsp3) is 0.632. The fourth-order valence-electron chi connectivity index (χ4n) is 3.27. The highest BCUT2D eigenvalue weighted by Gasteiger charge is 2.30. The largest absolute Gasteiger partial charge is 0.376 e. The maximum atomic E-state index is 12.7. The molecule has 1 saturated carbocycles. The third-order valence-corrected chi connectivity index (χ3v) is 7.21. The highest BCUT2D eigenvalue weighted by molar-refractivity contribution is 7.89. The van der Waals surface area contributed by atoms with Gasteiger partial charge in [0.2, 0.25) is 10.0 Å². The molecule has 3 rings (SSSR count). The van der Waals surface area contributed by atoms with Gasteiger partial charge < -0.3 is 9.64 Å². The molecule has 0 bridgehead atoms. The van der Waals surface area contributed by atoms with Gasteiger partial charge in [-0.25, -0.2) is 8.42 Å². The molecule has 1 heterocycles. The van der Waals surface area contributed by atoms with E-state index < -0.39 is 10.0 Å². The number of amides is 1. The van der Waals surface area contributed by atoms with Gasteiger partial charge in [0.15, 0.2) is 0 Å². The summed E-state index contributed by atoms with van der Waals surface area (Å²) in [6, 6.07) is 6.27. The first-order valence-electron chi connectivity index (χ1n) is 9.46. The molecule has 1 atom stereocenters. The molecule has 1 aliphatic heterocycles. The number of hydrogen-bond acceptors (Lipinski definition) is 4. The summed E-state index contributed by atoms with van der Waals surface area (Å²) in [5.74, 6) is 0.661. The fourth-order valence-corrected chi connectivity index (χ4v) is 4.73. The Morgan fingerprint density at radius 3 is 2.38 bits per heavy atom. The average Bonchev–Trinajstić information content (AvgIpc) is 3.36. The molecule has 1 aliphatic carbocycles. The minimum Gasteiger partial charge on any atom is -0.376 e. The molecular formula is C19H28N2O4S. The molecule has 0 spiro atoms. The van der Waals surface area contributed by atoms with E-state index in [4.69, 9.17) is 4.74 Å². The average molecular weight is 381 g/mol. The lowest BCUT2D eigenvalue weighted by atomic mass is 10.2. The zero-order valence-corrected chi connectivity index (χ0v) is 16.4. The second-order valence-electron chi connectivity index (χ2n) is 7.05. The van der Waals surface area contributed by atoms with Gasteiger partial charge in [-0.2, -0.15) is 4.31 Å². The highest BCUT2D eigenvalue weighted by Crippen LogP contribution is 2.30. The SMILES string of the molecule is CCN(CC)S(=O)(=O)c1ccc(C(=O)N2CCC(OCC3CC3)C2)cc1. The summed E-state index contributed by atoms with van der Waals surface area (Å²) in [5.41, 5.74) is 0.520. The van der Waals surface area contributed by atoms with Crippen molar-refractivity contribution in [2.45, 2.75) is 44.1 Å². The number of nitrogens with zero attached hydrogens (tertiary/aromatic N) is 2. The highest BCUT2D eigenvalue weighted by atomic mass is 32.2. The van der Waals surface area contributed by atoms with Crippen LogP contribution in [0.2, 0.25) is 0 Å². The van der Waals surface area contributed by atoms with Gasteiger partial charge in [-0.05, 0) is 49.4 Å². The van der Waals surface area contributed by atoms with Gasteiger partial charge in [0.1, 0.15) is 0 Å². The lowest BCUT2D eigenvalue weighted by Gasteiger charge is -2.19. The number of rotatable bonds is 8. The first-order valence-corrected chi connectivity index (χ1v) is 10.9. The molecule has 1 aromatic carbocycles. The predicted octanol–water partition coefficient (Wildman–Crippen LogP) is 2.36. The Bertz CT molecular complexity index is 724. The Kier molecular flexibility index (Phi) is 5.99. The summed E-state index contributed by atoms with van der Waals surface area (Å²) in [6.07, 6.45) is 3.52. The monoisotopic (exact) mass is 380 g/mol. The van der Waals surface area contributed by atoms with Crippen molar-refractivity contribution in [1.29, 1.82) is 0 Å². The van der Waals surface area contributed by atoms with Crippen molar-refractivity contribution in [3.05, 3.63) is 29.8 Å². The van der Waals surface area contributed by atoms with Crippen LogP contribution in [0, 0.1) is 5.92 Å². The van der Waals surface area contributed by atoms with Crippen LogP contribution in [0.3, 0.4) is 0 Å². The number of ether oxygens (including phenoxy) is 1. The lowest BCUT2D eigenvalue weighted by molar-refractivity contribution is 0.0480. The molecule has 6 nitrogen and oxygen atoms in total. The van der Waals surface area contributed by atoms with Crippen LogP contribution in [0.1, 0.15) is 43.5 Å². The van der Waals surface area contributed by atoms with Crippen molar-refractivity contribution in [2.75, 3.05) is 32.8 Å². The van der Waals surface area contributed by atoms with E-state index in [9.17, 15) is 13.2 Å². The Morgan fingerprint density at radius 1 is 1.15 bits per heavy atom. The normalized spacial score (nSPS) is 20.7. The summed E-state index contributed by atoms with van der Waals surface area (Å²) < 4.78 is 32.3. The van der Waals surface area contributed by atoms with Crippen LogP contribution in [0.25, 0.3) is 0 Å². The second-order valence-corrected chi connectivity index (χ2v) is 8.99. The second kappa shape index (κ2) is 8.06. The molecule has 0 radical (unpaired) electrons. The topological polar surface area (TPSA) is 66.9 Å². The summed E-state index contributed by atoms with van der Waals surface area (Å²) in [7, 11) is -3.49. The van der Waals surface area contributed by atoms with E-state index in [0.717, 1.165) is 18.9 Å². The number of likely N-dealkylation sites (tertiary alicyclic amines) is 1. The van der Waals surface area contributed by atoms with E-state index in [-0.39, 0.29) is 16.9 Å². The summed E-state index contributed by atoms with van der Waals surface area (Å²) in [5, 5.41) is 0. The van der Waals surface area contributed by atoms with Crippen molar-refractivity contribution in [2.24, 2.45) is 5.92 Å². The number of carbonyl (C=O) groups excluding carboxylic acids is 1. The number of hydrogen-bond donors (Lipinski definition) is 0. The first kappa shape index (κ1) is 19.3. The Morgan fingerprint density at radius 2 is 1.81 bits per heavy atom. The van der Waals surface area contributed by atoms with Gasteiger partial charge in [0, 0.05) is 38.3 Å². The van der Waals surface area contributed by atoms with Crippen LogP contribution in [0.15, 0.2) is 29.2 Å². The van der Waals surface area contributed by atoms with Crippen LogP contribution in [0.5, 0.6) is 0 Å². The van der Waals surface area contributed by atoms with Crippen LogP contribution in [0.4, 0.5) is 0 Å². The Balaban J connectivity index is 1.62. The molecule has 7 heteroatoms. The van der Waals surface area contributed by atoms with Gasteiger partial charge in [0.05, 0.1) is 11.0 Å². The van der Waals surface area contributed by atoms with Crippen molar-refractivity contribution in [3.8, 4) is 0 Å². The third-order valence-electron chi connectivity index (χ3n) is 5.14. The number of benzene rings is 1. The maximum absolute atomic E-state index is 12.7. The van der Waals surface area contributed by atoms with E-state index in [1.165, 1.54) is 29.3 Å².